The number of hydrogen-bond donors (Lipinski definition) is 2. The van der Waals surface area contributed by atoms with E-state index in [0.717, 1.165) is 45.6 Å². The monoisotopic (exact) mass is 441 g/mol. The molecule has 7 heteroatoms. The number of hydrogen-bond acceptors (Lipinski definition) is 3. The molecule has 1 aromatic rings. The molecule has 0 saturated heterocycles. The van der Waals surface area contributed by atoms with E-state index < -0.39 is 0 Å². The van der Waals surface area contributed by atoms with E-state index in [4.69, 9.17) is 20.3 Å². The number of aromatic amines is 1. The van der Waals surface area contributed by atoms with Crippen molar-refractivity contribution in [2.75, 3.05) is 0 Å². The average Bonchev–Trinajstić information content (AvgIpc) is 3.41. The second-order valence-corrected chi connectivity index (χ2v) is 7.97. The van der Waals surface area contributed by atoms with Gasteiger partial charge in [-0.2, -0.15) is 0 Å². The number of fused-ring (bicyclic) bond motifs is 6. The van der Waals surface area contributed by atoms with Crippen molar-refractivity contribution >= 4 is 43.9 Å². The first-order valence-corrected chi connectivity index (χ1v) is 11.2. The summed E-state index contributed by atoms with van der Waals surface area (Å²) in [5, 5.41) is 5.59. The molecule has 5 heterocycles. The number of H-pyrrole nitrogens is 1. The van der Waals surface area contributed by atoms with Crippen molar-refractivity contribution in [1.82, 2.24) is 10.3 Å². The topological polar surface area (TPSA) is 52.5 Å². The van der Waals surface area contributed by atoms with Crippen LogP contribution in [0.3, 0.4) is 0 Å². The Labute approximate surface area is 171 Å². The van der Waals surface area contributed by atoms with Gasteiger partial charge in [-0.25, -0.2) is 9.98 Å². The van der Waals surface area contributed by atoms with E-state index in [1.165, 1.54) is 0 Å². The Morgan fingerprint density at radius 1 is 0.889 bits per heavy atom. The summed E-state index contributed by atoms with van der Waals surface area (Å²) in [5.74, 6) is 0. The van der Waals surface area contributed by atoms with E-state index in [-0.39, 0.29) is 6.04 Å². The summed E-state index contributed by atoms with van der Waals surface area (Å²) in [4.78, 5) is 12.7. The zero-order chi connectivity index (χ0) is 18.6. The molecule has 4 aliphatic heterocycles. The van der Waals surface area contributed by atoms with Crippen LogP contribution in [-0.4, -0.2) is 22.4 Å². The number of rotatable bonds is 0. The van der Waals surface area contributed by atoms with Crippen molar-refractivity contribution in [2.45, 2.75) is 12.5 Å². The van der Waals surface area contributed by atoms with Crippen molar-refractivity contribution in [1.29, 1.82) is 0 Å². The predicted molar refractivity (Wildman–Crippen MR) is 110 cm³/mol. The summed E-state index contributed by atoms with van der Waals surface area (Å²) in [7, 11) is 9.47. The van der Waals surface area contributed by atoms with Gasteiger partial charge in [-0.15, -0.1) is 0 Å². The molecule has 0 saturated carbocycles. The van der Waals surface area contributed by atoms with Crippen LogP contribution in [0.1, 0.15) is 6.42 Å². The normalized spacial score (nSPS) is 21.7. The van der Waals surface area contributed by atoms with E-state index >= 15 is 0 Å². The van der Waals surface area contributed by atoms with Crippen LogP contribution in [0.15, 0.2) is 81.7 Å². The van der Waals surface area contributed by atoms with Gasteiger partial charge in [0.1, 0.15) is 0 Å². The SMILES string of the molecule is C1=CC2=NC1=CC1=CCC(C=C3C=CC(=N3)C=c3ccc([nH]3)=C2)N1.[Cl][Co][Cl]. The molecule has 139 valence electrons. The molecule has 0 spiro atoms. The van der Waals surface area contributed by atoms with Crippen molar-refractivity contribution < 1.29 is 12.9 Å². The predicted octanol–water partition coefficient (Wildman–Crippen LogP) is 3.00. The van der Waals surface area contributed by atoms with Crippen LogP contribution in [0, 0.1) is 0 Å². The first-order valence-electron chi connectivity index (χ1n) is 8.38. The molecule has 1 unspecified atom stereocenters. The van der Waals surface area contributed by atoms with Gasteiger partial charge in [0.05, 0.1) is 28.9 Å². The van der Waals surface area contributed by atoms with Crippen molar-refractivity contribution in [3.05, 3.63) is 82.5 Å². The Morgan fingerprint density at radius 3 is 2.22 bits per heavy atom. The van der Waals surface area contributed by atoms with Gasteiger partial charge < -0.3 is 10.3 Å². The van der Waals surface area contributed by atoms with E-state index in [1.807, 2.05) is 18.2 Å². The van der Waals surface area contributed by atoms with E-state index in [9.17, 15) is 0 Å². The number of aliphatic imine (C=N–C) groups is 2. The maximum absolute atomic E-state index is 4.73. The Balaban J connectivity index is 0.000000565. The van der Waals surface area contributed by atoms with Gasteiger partial charge in [-0.05, 0) is 67.2 Å². The van der Waals surface area contributed by atoms with E-state index in [0.29, 0.717) is 12.9 Å². The molecule has 0 fully saturated rings. The summed E-state index contributed by atoms with van der Waals surface area (Å²) < 4.78 is 0. The summed E-state index contributed by atoms with van der Waals surface area (Å²) in [6, 6.07) is 4.40. The zero-order valence-corrected chi connectivity index (χ0v) is 16.7. The van der Waals surface area contributed by atoms with Gasteiger partial charge in [0, 0.05) is 16.4 Å². The van der Waals surface area contributed by atoms with Crippen LogP contribution < -0.4 is 16.0 Å². The number of nitrogens with one attached hydrogen (secondary N) is 2. The van der Waals surface area contributed by atoms with E-state index in [2.05, 4.69) is 68.9 Å². The van der Waals surface area contributed by atoms with Gasteiger partial charge in [-0.3, -0.25) is 0 Å². The Bertz CT molecular complexity index is 1080. The van der Waals surface area contributed by atoms with Crippen LogP contribution in [0.2, 0.25) is 0 Å². The second kappa shape index (κ2) is 8.31. The fraction of sp³-hybridized carbons (Fsp3) is 0.100. The number of nitrogens with zero attached hydrogens (tertiary/aromatic N) is 2. The molecule has 0 aliphatic carbocycles. The Hall–Kier alpha value is -2.05. The number of allylic oxidation sites excluding steroid dienone is 5. The minimum atomic E-state index is 0.282. The van der Waals surface area contributed by atoms with Gasteiger partial charge in [0.2, 0.25) is 0 Å². The molecule has 4 aliphatic rings. The number of halogens is 2. The van der Waals surface area contributed by atoms with E-state index in [1.54, 1.807) is 0 Å². The van der Waals surface area contributed by atoms with Gasteiger partial charge in [0.25, 0.3) is 0 Å². The summed E-state index contributed by atoms with van der Waals surface area (Å²) in [5.41, 5.74) is 5.02. The molecule has 0 amide bonds. The van der Waals surface area contributed by atoms with Crippen LogP contribution >= 0.6 is 20.3 Å². The molecule has 1 aromatic heterocycles. The third-order valence-corrected chi connectivity index (χ3v) is 4.32. The maximum atomic E-state index is 4.73. The van der Waals surface area contributed by atoms with Crippen LogP contribution in [-0.2, 0) is 12.9 Å². The van der Waals surface area contributed by atoms with Crippen LogP contribution in [0.25, 0.3) is 12.2 Å². The first kappa shape index (κ1) is 18.3. The average molecular weight is 442 g/mol. The zero-order valence-electron chi connectivity index (χ0n) is 14.1. The molecule has 8 bridgehead atoms. The summed E-state index contributed by atoms with van der Waals surface area (Å²) >= 11 is 0.382. The Kier molecular flexibility index (Phi) is 5.64. The summed E-state index contributed by atoms with van der Waals surface area (Å²) in [6.45, 7) is 0. The fourth-order valence-corrected chi connectivity index (χ4v) is 3.20. The molecule has 1 atom stereocenters. The van der Waals surface area contributed by atoms with Crippen molar-refractivity contribution in [3.63, 3.8) is 0 Å². The fourth-order valence-electron chi connectivity index (χ4n) is 3.20. The second-order valence-electron chi connectivity index (χ2n) is 6.25. The van der Waals surface area contributed by atoms with Gasteiger partial charge >= 0.3 is 33.2 Å². The van der Waals surface area contributed by atoms with Gasteiger partial charge in [0.15, 0.2) is 0 Å². The molecule has 27 heavy (non-hydrogen) atoms. The molecule has 4 nitrogen and oxygen atoms in total. The molecule has 2 N–H and O–H groups in total. The van der Waals surface area contributed by atoms with Crippen LogP contribution in [0.5, 0.6) is 0 Å². The quantitative estimate of drug-likeness (QED) is 0.638. The standard InChI is InChI=1S/C20H16N4.2ClH.Co/c1-2-14-10-16-5-6-18(23-16)12-20-8-7-19(24-20)11-17-4-3-15(22-17)9-13(1)21-14;;;/h1-7,9-12,20-21,24H,8H2;2*1H;/q;;;+2/p-2. The van der Waals surface area contributed by atoms with Gasteiger partial charge in [-0.1, -0.05) is 6.08 Å². The molecular formula is C20H16Cl2CoN4. The number of aromatic nitrogens is 1. The summed E-state index contributed by atoms with van der Waals surface area (Å²) in [6.07, 6.45) is 19.8. The first-order chi connectivity index (χ1) is 13.2. The molecule has 0 radical (unpaired) electrons. The van der Waals surface area contributed by atoms with Crippen molar-refractivity contribution in [2.24, 2.45) is 9.98 Å². The third-order valence-electron chi connectivity index (χ3n) is 4.32. The van der Waals surface area contributed by atoms with Crippen molar-refractivity contribution in [3.8, 4) is 0 Å². The minimum absolute atomic E-state index is 0.282. The molecule has 0 aromatic carbocycles. The Morgan fingerprint density at radius 2 is 1.52 bits per heavy atom. The molecular weight excluding hydrogens is 426 g/mol. The molecule has 5 rings (SSSR count). The third kappa shape index (κ3) is 4.62. The van der Waals surface area contributed by atoms with Crippen LogP contribution in [0.4, 0.5) is 0 Å².